The first-order chi connectivity index (χ1) is 9.61. The first-order valence-electron chi connectivity index (χ1n) is 7.75. The number of carbonyl (C=O) groups is 1. The number of allylic oxidation sites excluding steroid dienone is 1. The van der Waals surface area contributed by atoms with Gasteiger partial charge in [-0.25, -0.2) is 4.79 Å². The van der Waals surface area contributed by atoms with Crippen molar-refractivity contribution in [3.63, 3.8) is 0 Å². The number of aliphatic carboxylic acids is 1. The summed E-state index contributed by atoms with van der Waals surface area (Å²) >= 11 is 0. The van der Waals surface area contributed by atoms with Gasteiger partial charge < -0.3 is 14.0 Å². The third kappa shape index (κ3) is 11.2. The van der Waals surface area contributed by atoms with Crippen LogP contribution < -0.4 is 0 Å². The van der Waals surface area contributed by atoms with Crippen LogP contribution in [0.1, 0.15) is 59.3 Å². The Bertz CT molecular complexity index is 269. The van der Waals surface area contributed by atoms with Gasteiger partial charge in [0.05, 0.1) is 0 Å². The summed E-state index contributed by atoms with van der Waals surface area (Å²) in [6, 6.07) is 0.955. The fourth-order valence-corrected chi connectivity index (χ4v) is 3.48. The van der Waals surface area contributed by atoms with Gasteiger partial charge >= 0.3 is 15.3 Å². The maximum absolute atomic E-state index is 10.7. The Balaban J connectivity index is 3.94. The molecule has 0 saturated heterocycles. The van der Waals surface area contributed by atoms with Gasteiger partial charge in [0, 0.05) is 18.8 Å². The van der Waals surface area contributed by atoms with E-state index in [1.165, 1.54) is 0 Å². The molecule has 0 amide bonds. The van der Waals surface area contributed by atoms with Gasteiger partial charge in [0.25, 0.3) is 0 Å². The molecule has 0 rings (SSSR count). The second-order valence-corrected chi connectivity index (χ2v) is 7.10. The van der Waals surface area contributed by atoms with Crippen LogP contribution >= 0.6 is 0 Å². The normalized spacial score (nSPS) is 12.1. The van der Waals surface area contributed by atoms with Gasteiger partial charge in [-0.05, 0) is 38.7 Å². The molecule has 0 aromatic heterocycles. The molecule has 5 heteroatoms. The van der Waals surface area contributed by atoms with Crippen molar-refractivity contribution in [3.8, 4) is 0 Å². The van der Waals surface area contributed by atoms with Crippen molar-refractivity contribution in [2.24, 2.45) is 0 Å². The van der Waals surface area contributed by atoms with Crippen molar-refractivity contribution in [3.05, 3.63) is 11.6 Å². The molecule has 4 nitrogen and oxygen atoms in total. The monoisotopic (exact) mass is 302 g/mol. The quantitative estimate of drug-likeness (QED) is 0.320. The Morgan fingerprint density at radius 2 is 1.65 bits per heavy atom. The summed E-state index contributed by atoms with van der Waals surface area (Å²) in [5, 5.41) is 8.77. The molecule has 0 aliphatic heterocycles. The van der Waals surface area contributed by atoms with Crippen LogP contribution in [-0.2, 0) is 13.6 Å². The third-order valence-electron chi connectivity index (χ3n) is 3.04. The van der Waals surface area contributed by atoms with E-state index in [4.69, 9.17) is 14.0 Å². The molecule has 0 atom stereocenters. The Morgan fingerprint density at radius 3 is 2.10 bits per heavy atom. The summed E-state index contributed by atoms with van der Waals surface area (Å²) in [6.45, 7) is 7.52. The van der Waals surface area contributed by atoms with Crippen LogP contribution in [-0.4, -0.2) is 33.6 Å². The molecule has 0 saturated carbocycles. The largest absolute Gasteiger partial charge is 0.478 e. The highest BCUT2D eigenvalue weighted by molar-refractivity contribution is 6.44. The fraction of sp³-hybridized carbons (Fsp3) is 0.800. The summed E-state index contributed by atoms with van der Waals surface area (Å²) in [4.78, 5) is 10.7. The molecule has 1 N–H and O–H groups in total. The van der Waals surface area contributed by atoms with Gasteiger partial charge in [0.15, 0.2) is 0 Å². The predicted octanol–water partition coefficient (Wildman–Crippen LogP) is 3.65. The minimum absolute atomic E-state index is 0.419. The van der Waals surface area contributed by atoms with Crippen molar-refractivity contribution in [2.75, 3.05) is 13.2 Å². The Hall–Kier alpha value is -0.653. The molecular formula is C15H30O4Si. The fourth-order valence-electron chi connectivity index (χ4n) is 1.62. The minimum Gasteiger partial charge on any atom is -0.478 e. The van der Waals surface area contributed by atoms with Gasteiger partial charge in [-0.3, -0.25) is 0 Å². The van der Waals surface area contributed by atoms with Crippen LogP contribution in [0.25, 0.3) is 0 Å². The molecule has 0 aromatic rings. The smallest absolute Gasteiger partial charge is 0.330 e. The predicted molar refractivity (Wildman–Crippen MR) is 84.3 cm³/mol. The summed E-state index contributed by atoms with van der Waals surface area (Å²) in [6.07, 6.45) is 7.95. The van der Waals surface area contributed by atoms with Crippen LogP contribution in [0.5, 0.6) is 0 Å². The lowest BCUT2D eigenvalue weighted by Gasteiger charge is -2.16. The Kier molecular flexibility index (Phi) is 12.9. The van der Waals surface area contributed by atoms with E-state index in [1.807, 2.05) is 0 Å². The molecule has 0 unspecified atom stereocenters. The SMILES string of the molecule is CCCCO[SiH](CCCC=C(C)C(=O)O)OCCCC. The van der Waals surface area contributed by atoms with E-state index in [0.29, 0.717) is 5.57 Å². The standard InChI is InChI=1S/C15H30O4Si/c1-4-6-11-18-20(19-12-7-5-2)13-9-8-10-14(3)15(16)17/h10,20H,4-9,11-13H2,1-3H3,(H,16,17). The zero-order valence-electron chi connectivity index (χ0n) is 13.2. The van der Waals surface area contributed by atoms with Gasteiger partial charge in [-0.15, -0.1) is 0 Å². The molecule has 0 aromatic carbocycles. The van der Waals surface area contributed by atoms with Crippen molar-refractivity contribution < 1.29 is 18.8 Å². The highest BCUT2D eigenvalue weighted by Crippen LogP contribution is 2.09. The number of rotatable bonds is 13. The summed E-state index contributed by atoms with van der Waals surface area (Å²) < 4.78 is 11.7. The molecule has 0 spiro atoms. The van der Waals surface area contributed by atoms with E-state index in [2.05, 4.69) is 13.8 Å². The number of carboxylic acids is 1. The van der Waals surface area contributed by atoms with Gasteiger partial charge in [0.1, 0.15) is 0 Å². The van der Waals surface area contributed by atoms with E-state index in [9.17, 15) is 4.79 Å². The van der Waals surface area contributed by atoms with E-state index >= 15 is 0 Å². The number of carboxylic acid groups (broad SMARTS) is 1. The van der Waals surface area contributed by atoms with E-state index < -0.39 is 15.3 Å². The molecule has 0 fully saturated rings. The molecule has 0 radical (unpaired) electrons. The van der Waals surface area contributed by atoms with Crippen molar-refractivity contribution in [1.82, 2.24) is 0 Å². The Morgan fingerprint density at radius 1 is 1.10 bits per heavy atom. The van der Waals surface area contributed by atoms with Crippen molar-refractivity contribution >= 4 is 15.3 Å². The van der Waals surface area contributed by atoms with Crippen LogP contribution in [0.3, 0.4) is 0 Å². The van der Waals surface area contributed by atoms with Crippen LogP contribution in [0.15, 0.2) is 11.6 Å². The highest BCUT2D eigenvalue weighted by Gasteiger charge is 2.12. The molecular weight excluding hydrogens is 272 g/mol. The second-order valence-electron chi connectivity index (χ2n) is 5.00. The first kappa shape index (κ1) is 19.3. The average Bonchev–Trinajstić information content (AvgIpc) is 2.42. The summed E-state index contributed by atoms with van der Waals surface area (Å²) in [5.74, 6) is -0.836. The third-order valence-corrected chi connectivity index (χ3v) is 5.13. The molecule has 118 valence electrons. The molecule has 0 heterocycles. The van der Waals surface area contributed by atoms with E-state index in [1.54, 1.807) is 13.0 Å². The Labute approximate surface area is 125 Å². The highest BCUT2D eigenvalue weighted by atomic mass is 28.3. The topological polar surface area (TPSA) is 55.8 Å². The minimum atomic E-state index is -1.56. The molecule has 20 heavy (non-hydrogen) atoms. The van der Waals surface area contributed by atoms with Crippen molar-refractivity contribution in [1.29, 1.82) is 0 Å². The number of hydrogen-bond donors (Lipinski definition) is 1. The number of hydrogen-bond acceptors (Lipinski definition) is 3. The first-order valence-corrected chi connectivity index (χ1v) is 9.51. The van der Waals surface area contributed by atoms with Crippen LogP contribution in [0.4, 0.5) is 0 Å². The van der Waals surface area contributed by atoms with Crippen LogP contribution in [0, 0.1) is 0 Å². The van der Waals surface area contributed by atoms with Gasteiger partial charge in [-0.1, -0.05) is 32.8 Å². The molecule has 0 aliphatic rings. The van der Waals surface area contributed by atoms with E-state index in [-0.39, 0.29) is 0 Å². The summed E-state index contributed by atoms with van der Waals surface area (Å²) in [7, 11) is -1.56. The zero-order valence-corrected chi connectivity index (χ0v) is 14.3. The average molecular weight is 302 g/mol. The zero-order chi connectivity index (χ0) is 15.2. The van der Waals surface area contributed by atoms with E-state index in [0.717, 1.165) is 57.8 Å². The van der Waals surface area contributed by atoms with Crippen molar-refractivity contribution in [2.45, 2.75) is 65.3 Å². The lowest BCUT2D eigenvalue weighted by molar-refractivity contribution is -0.132. The summed E-state index contributed by atoms with van der Waals surface area (Å²) in [5.41, 5.74) is 0.419. The van der Waals surface area contributed by atoms with Gasteiger partial charge in [0.2, 0.25) is 0 Å². The number of unbranched alkanes of at least 4 members (excludes halogenated alkanes) is 3. The lowest BCUT2D eigenvalue weighted by atomic mass is 10.2. The molecule has 0 bridgehead atoms. The maximum Gasteiger partial charge on any atom is 0.330 e. The van der Waals surface area contributed by atoms with Crippen LogP contribution in [0.2, 0.25) is 6.04 Å². The molecule has 0 aliphatic carbocycles. The second kappa shape index (κ2) is 13.3. The maximum atomic E-state index is 10.7. The lowest BCUT2D eigenvalue weighted by Crippen LogP contribution is -2.24. The van der Waals surface area contributed by atoms with Gasteiger partial charge in [-0.2, -0.15) is 0 Å².